The second-order valence-corrected chi connectivity index (χ2v) is 9.33. The zero-order valence-corrected chi connectivity index (χ0v) is 18.1. The van der Waals surface area contributed by atoms with E-state index in [4.69, 9.17) is 9.40 Å². The van der Waals surface area contributed by atoms with Gasteiger partial charge in [0.1, 0.15) is 16.2 Å². The molecule has 0 amide bonds. The molecule has 0 atom stereocenters. The normalized spacial score (nSPS) is 11.8. The van der Waals surface area contributed by atoms with Crippen LogP contribution < -0.4 is 11.2 Å². The summed E-state index contributed by atoms with van der Waals surface area (Å²) in [6, 6.07) is 6.11. The van der Waals surface area contributed by atoms with Crippen LogP contribution in [0.1, 0.15) is 35.9 Å². The van der Waals surface area contributed by atoms with Crippen molar-refractivity contribution < 1.29 is 9.52 Å². The van der Waals surface area contributed by atoms with Crippen molar-refractivity contribution in [3.8, 4) is 5.75 Å². The lowest BCUT2D eigenvalue weighted by Crippen LogP contribution is -2.25. The maximum atomic E-state index is 13.2. The Hall–Kier alpha value is -2.58. The molecule has 0 spiro atoms. The minimum absolute atomic E-state index is 0.0308. The summed E-state index contributed by atoms with van der Waals surface area (Å²) in [6.07, 6.45) is 0. The largest absolute Gasteiger partial charge is 0.508 e. The molecule has 0 saturated heterocycles. The van der Waals surface area contributed by atoms with Crippen LogP contribution in [0.2, 0.25) is 0 Å². The monoisotopic (exact) mass is 428 g/mol. The third kappa shape index (κ3) is 3.47. The Labute approximate surface area is 174 Å². The molecule has 0 aliphatic rings. The van der Waals surface area contributed by atoms with Gasteiger partial charge in [0.05, 0.1) is 5.39 Å². The van der Waals surface area contributed by atoms with Crippen LogP contribution in [0.5, 0.6) is 5.75 Å². The molecule has 29 heavy (non-hydrogen) atoms. The summed E-state index contributed by atoms with van der Waals surface area (Å²) in [7, 11) is 0. The fourth-order valence-corrected chi connectivity index (χ4v) is 5.51. The first-order chi connectivity index (χ1) is 13.8. The lowest BCUT2D eigenvalue weighted by molar-refractivity contribution is 0.473. The van der Waals surface area contributed by atoms with E-state index in [0.29, 0.717) is 21.9 Å². The molecule has 4 rings (SSSR count). The highest BCUT2D eigenvalue weighted by molar-refractivity contribution is 7.98. The minimum Gasteiger partial charge on any atom is -0.508 e. The first-order valence-electron chi connectivity index (χ1n) is 9.17. The molecule has 3 aromatic heterocycles. The van der Waals surface area contributed by atoms with Crippen LogP contribution in [0.25, 0.3) is 21.2 Å². The fourth-order valence-electron chi connectivity index (χ4n) is 3.33. The van der Waals surface area contributed by atoms with Gasteiger partial charge in [-0.3, -0.25) is 9.36 Å². The molecule has 0 bridgehead atoms. The molecule has 150 valence electrons. The Morgan fingerprint density at radius 3 is 2.72 bits per heavy atom. The fraction of sp³-hybridized carbons (Fsp3) is 0.286. The predicted octanol–water partition coefficient (Wildman–Crippen LogP) is 4.76. The molecule has 3 heterocycles. The van der Waals surface area contributed by atoms with E-state index in [9.17, 15) is 14.7 Å². The number of phenolic OH excluding ortho intramolecular Hbond substituents is 1. The predicted molar refractivity (Wildman–Crippen MR) is 117 cm³/mol. The third-order valence-corrected chi connectivity index (χ3v) is 6.99. The van der Waals surface area contributed by atoms with Gasteiger partial charge in [0, 0.05) is 34.2 Å². The van der Waals surface area contributed by atoms with E-state index in [0.717, 1.165) is 26.2 Å². The van der Waals surface area contributed by atoms with E-state index >= 15 is 0 Å². The minimum atomic E-state index is -0.479. The Kier molecular flexibility index (Phi) is 5.00. The van der Waals surface area contributed by atoms with E-state index in [1.807, 2.05) is 27.7 Å². The molecule has 1 aromatic carbocycles. The molecule has 4 aromatic rings. The first kappa shape index (κ1) is 19.7. The van der Waals surface area contributed by atoms with Gasteiger partial charge < -0.3 is 9.52 Å². The van der Waals surface area contributed by atoms with Gasteiger partial charge in [0.25, 0.3) is 5.56 Å². The van der Waals surface area contributed by atoms with Crippen molar-refractivity contribution in [2.24, 2.45) is 0 Å². The topological polar surface area (TPSA) is 85.3 Å². The summed E-state index contributed by atoms with van der Waals surface area (Å²) in [5.41, 5.74) is 1.58. The highest BCUT2D eigenvalue weighted by Crippen LogP contribution is 2.32. The highest BCUT2D eigenvalue weighted by Gasteiger charge is 2.19. The van der Waals surface area contributed by atoms with Crippen molar-refractivity contribution in [3.63, 3.8) is 0 Å². The summed E-state index contributed by atoms with van der Waals surface area (Å²) in [5.74, 6) is 0.482. The number of hydrogen-bond acceptors (Lipinski definition) is 7. The summed E-state index contributed by atoms with van der Waals surface area (Å²) < 4.78 is 6.91. The van der Waals surface area contributed by atoms with Gasteiger partial charge in [-0.25, -0.2) is 9.78 Å². The van der Waals surface area contributed by atoms with Crippen LogP contribution in [-0.2, 0) is 5.75 Å². The van der Waals surface area contributed by atoms with Crippen molar-refractivity contribution in [3.05, 3.63) is 61.0 Å². The third-order valence-electron chi connectivity index (χ3n) is 4.89. The van der Waals surface area contributed by atoms with Crippen LogP contribution in [0.4, 0.5) is 0 Å². The van der Waals surface area contributed by atoms with E-state index in [1.165, 1.54) is 35.2 Å². The zero-order chi connectivity index (χ0) is 20.9. The number of thioether (sulfide) groups is 1. The summed E-state index contributed by atoms with van der Waals surface area (Å²) in [5, 5.41) is 11.7. The van der Waals surface area contributed by atoms with Crippen molar-refractivity contribution in [1.29, 1.82) is 0 Å². The Balaban J connectivity index is 1.81. The van der Waals surface area contributed by atoms with Crippen molar-refractivity contribution >= 4 is 44.3 Å². The van der Waals surface area contributed by atoms with Crippen LogP contribution >= 0.6 is 23.1 Å². The van der Waals surface area contributed by atoms with Crippen LogP contribution in [0.3, 0.4) is 0 Å². The number of fused-ring (bicyclic) bond motifs is 2. The van der Waals surface area contributed by atoms with Crippen LogP contribution in [0.15, 0.2) is 43.4 Å². The molecule has 6 nitrogen and oxygen atoms in total. The number of aromatic hydroxyl groups is 1. The lowest BCUT2D eigenvalue weighted by Gasteiger charge is -2.15. The highest BCUT2D eigenvalue weighted by atomic mass is 32.2. The quantitative estimate of drug-likeness (QED) is 0.287. The first-order valence-corrected chi connectivity index (χ1v) is 11.0. The number of rotatable bonds is 4. The van der Waals surface area contributed by atoms with Gasteiger partial charge in [0.15, 0.2) is 5.16 Å². The Morgan fingerprint density at radius 2 is 2.00 bits per heavy atom. The summed E-state index contributed by atoms with van der Waals surface area (Å²) in [6.45, 7) is 7.88. The molecule has 0 aliphatic carbocycles. The van der Waals surface area contributed by atoms with Gasteiger partial charge in [-0.15, -0.1) is 11.3 Å². The van der Waals surface area contributed by atoms with Crippen molar-refractivity contribution in [1.82, 2.24) is 9.55 Å². The molecule has 0 radical (unpaired) electrons. The number of aromatic nitrogens is 2. The summed E-state index contributed by atoms with van der Waals surface area (Å²) >= 11 is 2.94. The van der Waals surface area contributed by atoms with E-state index in [-0.39, 0.29) is 17.4 Å². The molecule has 0 fully saturated rings. The number of phenols is 1. The number of aryl methyl sites for hydroxylation is 2. The molecular weight excluding hydrogens is 408 g/mol. The van der Waals surface area contributed by atoms with Gasteiger partial charge in [-0.1, -0.05) is 11.8 Å². The second kappa shape index (κ2) is 7.35. The average Bonchev–Trinajstić information content (AvgIpc) is 2.92. The van der Waals surface area contributed by atoms with Crippen molar-refractivity contribution in [2.75, 3.05) is 0 Å². The number of thiophene rings is 1. The number of hydrogen-bond donors (Lipinski definition) is 1. The standard InChI is InChI=1S/C21H20N2O4S2/c1-10(2)23-20(26)18-11(3)12(4)29-19(18)22-21(23)28-9-13-7-17(25)27-16-8-14(24)5-6-15(13)16/h5-8,10,24H,9H2,1-4H3. The Bertz CT molecular complexity index is 1370. The van der Waals surface area contributed by atoms with Gasteiger partial charge >= 0.3 is 5.63 Å². The molecule has 0 saturated carbocycles. The van der Waals surface area contributed by atoms with E-state index in [2.05, 4.69) is 0 Å². The maximum Gasteiger partial charge on any atom is 0.336 e. The smallest absolute Gasteiger partial charge is 0.336 e. The molecule has 1 N–H and O–H groups in total. The molecule has 0 unspecified atom stereocenters. The summed E-state index contributed by atoms with van der Waals surface area (Å²) in [4.78, 5) is 31.7. The molecule has 8 heteroatoms. The second-order valence-electron chi connectivity index (χ2n) is 7.19. The maximum absolute atomic E-state index is 13.2. The van der Waals surface area contributed by atoms with E-state index < -0.39 is 5.63 Å². The zero-order valence-electron chi connectivity index (χ0n) is 16.5. The average molecular weight is 429 g/mol. The van der Waals surface area contributed by atoms with Gasteiger partial charge in [0.2, 0.25) is 0 Å². The molecule has 0 aliphatic heterocycles. The van der Waals surface area contributed by atoms with Crippen LogP contribution in [0, 0.1) is 13.8 Å². The molecular formula is C21H20N2O4S2. The lowest BCUT2D eigenvalue weighted by atomic mass is 10.1. The number of benzene rings is 1. The number of nitrogens with zero attached hydrogens (tertiary/aromatic N) is 2. The van der Waals surface area contributed by atoms with Gasteiger partial charge in [-0.2, -0.15) is 0 Å². The van der Waals surface area contributed by atoms with Crippen LogP contribution in [-0.4, -0.2) is 14.7 Å². The SMILES string of the molecule is Cc1sc2nc(SCc3cc(=O)oc4cc(O)ccc34)n(C(C)C)c(=O)c2c1C. The Morgan fingerprint density at radius 1 is 1.24 bits per heavy atom. The van der Waals surface area contributed by atoms with E-state index in [1.54, 1.807) is 16.7 Å². The van der Waals surface area contributed by atoms with Crippen molar-refractivity contribution in [2.45, 2.75) is 44.6 Å². The van der Waals surface area contributed by atoms with Gasteiger partial charge in [-0.05, 0) is 51.0 Å².